The maximum atomic E-state index is 13.2. The van der Waals surface area contributed by atoms with Crippen molar-refractivity contribution in [2.45, 2.75) is 13.8 Å². The van der Waals surface area contributed by atoms with Crippen molar-refractivity contribution in [3.8, 4) is 11.5 Å². The zero-order chi connectivity index (χ0) is 29.8. The number of non-ortho nitro benzene ring substituents is 1. The summed E-state index contributed by atoms with van der Waals surface area (Å²) in [4.78, 5) is 61.7. The van der Waals surface area contributed by atoms with Crippen molar-refractivity contribution in [1.29, 1.82) is 0 Å². The Hall–Kier alpha value is -5.23. The third-order valence-electron chi connectivity index (χ3n) is 6.10. The SMILES string of the molecule is COc1cc(/C=C2/C(=O)NC(=O)N(c3cccc([N+](=O)[O-])c3)C2=O)cc(Cl)c1OCC(=O)Nc1ccc(C)c(C)c1. The van der Waals surface area contributed by atoms with E-state index in [1.54, 1.807) is 6.07 Å². The average Bonchev–Trinajstić information content (AvgIpc) is 2.92. The van der Waals surface area contributed by atoms with Crippen molar-refractivity contribution in [2.75, 3.05) is 23.9 Å². The number of urea groups is 1. The van der Waals surface area contributed by atoms with Crippen molar-refractivity contribution in [1.82, 2.24) is 5.32 Å². The van der Waals surface area contributed by atoms with E-state index in [2.05, 4.69) is 5.32 Å². The van der Waals surface area contributed by atoms with Crippen LogP contribution in [0.5, 0.6) is 11.5 Å². The summed E-state index contributed by atoms with van der Waals surface area (Å²) in [6.07, 6.45) is 1.18. The van der Waals surface area contributed by atoms with Crippen molar-refractivity contribution >= 4 is 58.5 Å². The van der Waals surface area contributed by atoms with Crippen molar-refractivity contribution in [2.24, 2.45) is 0 Å². The van der Waals surface area contributed by atoms with Crippen molar-refractivity contribution < 1.29 is 33.6 Å². The molecule has 3 aromatic carbocycles. The van der Waals surface area contributed by atoms with Gasteiger partial charge < -0.3 is 14.8 Å². The number of nitro benzene ring substituents is 1. The maximum absolute atomic E-state index is 13.2. The highest BCUT2D eigenvalue weighted by atomic mass is 35.5. The van der Waals surface area contributed by atoms with E-state index in [1.807, 2.05) is 31.3 Å². The monoisotopic (exact) mass is 578 g/mol. The Bertz CT molecular complexity index is 1640. The molecule has 2 N–H and O–H groups in total. The van der Waals surface area contributed by atoms with Crippen LogP contribution in [0.15, 0.2) is 60.2 Å². The molecule has 0 aromatic heterocycles. The first-order chi connectivity index (χ1) is 19.5. The number of carbonyl (C=O) groups is 4. The van der Waals surface area contributed by atoms with Gasteiger partial charge in [0, 0.05) is 17.8 Å². The smallest absolute Gasteiger partial charge is 0.335 e. The number of nitrogens with zero attached hydrogens (tertiary/aromatic N) is 2. The molecule has 41 heavy (non-hydrogen) atoms. The Morgan fingerprint density at radius 1 is 1.10 bits per heavy atom. The first-order valence-electron chi connectivity index (χ1n) is 12.0. The number of anilines is 2. The zero-order valence-electron chi connectivity index (χ0n) is 22.0. The van der Waals surface area contributed by atoms with Gasteiger partial charge in [0.05, 0.1) is 22.7 Å². The number of benzene rings is 3. The topological polar surface area (TPSA) is 157 Å². The number of hydrogen-bond donors (Lipinski definition) is 2. The van der Waals surface area contributed by atoms with E-state index in [0.717, 1.165) is 17.2 Å². The molecule has 3 aromatic rings. The third kappa shape index (κ3) is 6.34. The van der Waals surface area contributed by atoms with Gasteiger partial charge in [-0.25, -0.2) is 9.69 Å². The van der Waals surface area contributed by atoms with Crippen LogP contribution >= 0.6 is 11.6 Å². The minimum Gasteiger partial charge on any atom is -0.493 e. The maximum Gasteiger partial charge on any atom is 0.335 e. The van der Waals surface area contributed by atoms with E-state index < -0.39 is 34.2 Å². The number of carbonyl (C=O) groups excluding carboxylic acids is 4. The van der Waals surface area contributed by atoms with E-state index in [4.69, 9.17) is 21.1 Å². The van der Waals surface area contributed by atoms with Crippen LogP contribution in [0.1, 0.15) is 16.7 Å². The van der Waals surface area contributed by atoms with Gasteiger partial charge in [0.1, 0.15) is 5.57 Å². The lowest BCUT2D eigenvalue weighted by atomic mass is 10.1. The van der Waals surface area contributed by atoms with Crippen LogP contribution in [-0.4, -0.2) is 42.4 Å². The molecule has 1 aliphatic heterocycles. The van der Waals surface area contributed by atoms with Gasteiger partial charge in [0.15, 0.2) is 18.1 Å². The minimum atomic E-state index is -1.06. The molecule has 0 bridgehead atoms. The molecule has 0 unspecified atom stereocenters. The van der Waals surface area contributed by atoms with Gasteiger partial charge >= 0.3 is 6.03 Å². The second kappa shape index (κ2) is 11.9. The predicted octanol–water partition coefficient (Wildman–Crippen LogP) is 4.56. The highest BCUT2D eigenvalue weighted by molar-refractivity contribution is 6.39. The number of barbiturate groups is 1. The van der Waals surface area contributed by atoms with E-state index in [-0.39, 0.29) is 40.1 Å². The van der Waals surface area contributed by atoms with E-state index in [0.29, 0.717) is 10.6 Å². The molecule has 0 spiro atoms. The quantitative estimate of drug-likeness (QED) is 0.170. The lowest BCUT2D eigenvalue weighted by Crippen LogP contribution is -2.54. The number of rotatable bonds is 8. The number of imide groups is 2. The summed E-state index contributed by atoms with van der Waals surface area (Å²) in [5.74, 6) is -2.25. The molecule has 0 radical (unpaired) electrons. The number of methoxy groups -OCH3 is 1. The van der Waals surface area contributed by atoms with Crippen molar-refractivity contribution in [3.63, 3.8) is 0 Å². The molecule has 0 atom stereocenters. The first kappa shape index (κ1) is 28.8. The van der Waals surface area contributed by atoms with Crippen LogP contribution in [0.2, 0.25) is 5.02 Å². The molecule has 5 amide bonds. The number of halogens is 1. The Morgan fingerprint density at radius 3 is 2.54 bits per heavy atom. The molecule has 0 aliphatic carbocycles. The number of nitro groups is 1. The molecular formula is C28H23ClN4O8. The van der Waals surface area contributed by atoms with Gasteiger partial charge in [-0.05, 0) is 66.9 Å². The lowest BCUT2D eigenvalue weighted by Gasteiger charge is -2.26. The van der Waals surface area contributed by atoms with Crippen LogP contribution in [0.3, 0.4) is 0 Å². The van der Waals surface area contributed by atoms with Gasteiger partial charge in [-0.1, -0.05) is 23.7 Å². The minimum absolute atomic E-state index is 0.0189. The molecule has 12 nitrogen and oxygen atoms in total. The van der Waals surface area contributed by atoms with Gasteiger partial charge in [0.25, 0.3) is 23.4 Å². The summed E-state index contributed by atoms with van der Waals surface area (Å²) in [5, 5.41) is 15.9. The number of hydrogen-bond acceptors (Lipinski definition) is 8. The van der Waals surface area contributed by atoms with Crippen LogP contribution < -0.4 is 25.0 Å². The molecule has 210 valence electrons. The third-order valence-corrected chi connectivity index (χ3v) is 6.38. The molecule has 0 saturated carbocycles. The Kier molecular flexibility index (Phi) is 8.34. The fourth-order valence-electron chi connectivity index (χ4n) is 3.92. The Morgan fingerprint density at radius 2 is 1.85 bits per heavy atom. The largest absolute Gasteiger partial charge is 0.493 e. The van der Waals surface area contributed by atoms with Gasteiger partial charge in [-0.2, -0.15) is 0 Å². The number of amides is 5. The second-order valence-corrected chi connectivity index (χ2v) is 9.31. The number of nitrogens with one attached hydrogen (secondary N) is 2. The predicted molar refractivity (Wildman–Crippen MR) is 150 cm³/mol. The molecule has 1 saturated heterocycles. The lowest BCUT2D eigenvalue weighted by molar-refractivity contribution is -0.384. The number of ether oxygens (including phenoxy) is 2. The van der Waals surface area contributed by atoms with E-state index in [1.165, 1.54) is 43.5 Å². The summed E-state index contributed by atoms with van der Waals surface area (Å²) >= 11 is 6.40. The summed E-state index contributed by atoms with van der Waals surface area (Å²) in [6.45, 7) is 3.50. The van der Waals surface area contributed by atoms with Gasteiger partial charge in [-0.3, -0.25) is 29.8 Å². The normalized spacial score (nSPS) is 14.1. The molecule has 1 heterocycles. The second-order valence-electron chi connectivity index (χ2n) is 8.90. The number of aryl methyl sites for hydroxylation is 2. The molecular weight excluding hydrogens is 556 g/mol. The summed E-state index contributed by atoms with van der Waals surface area (Å²) in [5.41, 5.74) is 2.07. The Balaban J connectivity index is 1.56. The van der Waals surface area contributed by atoms with Crippen LogP contribution in [0.25, 0.3) is 6.08 Å². The summed E-state index contributed by atoms with van der Waals surface area (Å²) in [7, 11) is 1.34. The highest BCUT2D eigenvalue weighted by Gasteiger charge is 2.37. The highest BCUT2D eigenvalue weighted by Crippen LogP contribution is 2.37. The first-order valence-corrected chi connectivity index (χ1v) is 12.4. The van der Waals surface area contributed by atoms with Gasteiger partial charge in [-0.15, -0.1) is 0 Å². The standard InChI is InChI=1S/C28H23ClN4O8/c1-15-7-8-18(9-16(15)2)30-24(34)14-41-25-22(29)11-17(12-23(25)40-3)10-21-26(35)31-28(37)32(27(21)36)19-5-4-6-20(13-19)33(38)39/h4-13H,14H2,1-3H3,(H,30,34)(H,31,35,37)/b21-10-. The van der Waals surface area contributed by atoms with Crippen LogP contribution in [0.4, 0.5) is 21.9 Å². The summed E-state index contributed by atoms with van der Waals surface area (Å²) < 4.78 is 11.0. The van der Waals surface area contributed by atoms with Crippen LogP contribution in [0, 0.1) is 24.0 Å². The Labute approximate surface area is 238 Å². The molecule has 4 rings (SSSR count). The van der Waals surface area contributed by atoms with E-state index >= 15 is 0 Å². The average molecular weight is 579 g/mol. The molecule has 1 aliphatic rings. The van der Waals surface area contributed by atoms with Crippen molar-refractivity contribution in [3.05, 3.63) is 92.0 Å². The fraction of sp³-hybridized carbons (Fsp3) is 0.143. The van der Waals surface area contributed by atoms with Gasteiger partial charge in [0.2, 0.25) is 0 Å². The fourth-order valence-corrected chi connectivity index (χ4v) is 4.20. The summed E-state index contributed by atoms with van der Waals surface area (Å²) in [6, 6.07) is 12.1. The molecule has 13 heteroatoms. The van der Waals surface area contributed by atoms with E-state index in [9.17, 15) is 29.3 Å². The van der Waals surface area contributed by atoms with Crippen LogP contribution in [-0.2, 0) is 14.4 Å². The molecule has 1 fully saturated rings. The zero-order valence-corrected chi connectivity index (χ0v) is 22.8.